The van der Waals surface area contributed by atoms with Crippen LogP contribution in [0.15, 0.2) is 109 Å². The van der Waals surface area contributed by atoms with Gasteiger partial charge in [-0.25, -0.2) is 23.1 Å². The molecule has 5 aromatic rings. The zero-order valence-corrected chi connectivity index (χ0v) is 18.6. The average molecular weight is 470 g/mol. The van der Waals surface area contributed by atoms with Crippen molar-refractivity contribution in [3.63, 3.8) is 0 Å². The number of para-hydroxylation sites is 1. The molecule has 2 aromatic carbocycles. The van der Waals surface area contributed by atoms with E-state index in [1.807, 2.05) is 42.5 Å². The van der Waals surface area contributed by atoms with Crippen LogP contribution in [0, 0.1) is 0 Å². The van der Waals surface area contributed by atoms with Crippen molar-refractivity contribution in [2.24, 2.45) is 0 Å². The second kappa shape index (κ2) is 9.12. The fourth-order valence-electron chi connectivity index (χ4n) is 3.29. The number of hydrogen-bond donors (Lipinski definition) is 2. The van der Waals surface area contributed by atoms with Gasteiger partial charge in [-0.05, 0) is 54.6 Å². The molecule has 9 nitrogen and oxygen atoms in total. The fraction of sp³-hybridized carbons (Fsp3) is 0. The van der Waals surface area contributed by atoms with Crippen LogP contribution in [-0.2, 0) is 10.0 Å². The maximum Gasteiger partial charge on any atom is 0.263 e. The van der Waals surface area contributed by atoms with Crippen molar-refractivity contribution in [2.75, 3.05) is 10.0 Å². The monoisotopic (exact) mass is 469 g/mol. The largest absolute Gasteiger partial charge is 0.324 e. The third-order valence-corrected chi connectivity index (χ3v) is 6.29. The van der Waals surface area contributed by atoms with E-state index in [9.17, 15) is 8.42 Å². The van der Waals surface area contributed by atoms with Gasteiger partial charge in [-0.2, -0.15) is 5.10 Å². The van der Waals surface area contributed by atoms with E-state index in [0.29, 0.717) is 17.5 Å². The van der Waals surface area contributed by atoms with E-state index >= 15 is 0 Å². The molecule has 0 saturated heterocycles. The number of rotatable bonds is 7. The Hall–Kier alpha value is -4.57. The van der Waals surface area contributed by atoms with Gasteiger partial charge in [0.2, 0.25) is 5.95 Å². The summed E-state index contributed by atoms with van der Waals surface area (Å²) in [6.45, 7) is 0. The highest BCUT2D eigenvalue weighted by molar-refractivity contribution is 7.92. The first-order valence-electron chi connectivity index (χ1n) is 10.3. The topological polar surface area (TPSA) is 115 Å². The summed E-state index contributed by atoms with van der Waals surface area (Å²) in [5.41, 5.74) is 2.99. The molecule has 0 bridgehead atoms. The van der Waals surface area contributed by atoms with Gasteiger partial charge in [0, 0.05) is 35.9 Å². The lowest BCUT2D eigenvalue weighted by Gasteiger charge is -2.11. The van der Waals surface area contributed by atoms with Gasteiger partial charge in [0.15, 0.2) is 0 Å². The van der Waals surface area contributed by atoms with Crippen LogP contribution >= 0.6 is 0 Å². The van der Waals surface area contributed by atoms with Crippen LogP contribution in [0.5, 0.6) is 0 Å². The van der Waals surface area contributed by atoms with Crippen molar-refractivity contribution in [3.8, 4) is 16.9 Å². The third-order valence-electron chi connectivity index (χ3n) is 4.92. The van der Waals surface area contributed by atoms with Gasteiger partial charge in [0.05, 0.1) is 22.5 Å². The Morgan fingerprint density at radius 3 is 2.38 bits per heavy atom. The second-order valence-corrected chi connectivity index (χ2v) is 8.91. The van der Waals surface area contributed by atoms with E-state index in [0.717, 1.165) is 16.9 Å². The minimum absolute atomic E-state index is 0.115. The number of pyridine rings is 1. The molecule has 0 unspecified atom stereocenters. The molecule has 0 aliphatic rings. The Labute approximate surface area is 196 Å². The number of aromatic nitrogens is 5. The molecule has 3 heterocycles. The van der Waals surface area contributed by atoms with Gasteiger partial charge in [-0.1, -0.05) is 18.2 Å². The van der Waals surface area contributed by atoms with Gasteiger partial charge in [0.25, 0.3) is 10.0 Å². The third kappa shape index (κ3) is 4.62. The molecule has 0 aliphatic carbocycles. The summed E-state index contributed by atoms with van der Waals surface area (Å²) in [5, 5.41) is 7.31. The van der Waals surface area contributed by atoms with Crippen molar-refractivity contribution in [3.05, 3.63) is 104 Å². The minimum atomic E-state index is -3.82. The summed E-state index contributed by atoms with van der Waals surface area (Å²) in [6.07, 6.45) is 6.61. The number of anilines is 3. The molecular weight excluding hydrogens is 450 g/mol. The normalized spacial score (nSPS) is 11.2. The van der Waals surface area contributed by atoms with Crippen LogP contribution in [0.4, 0.5) is 17.5 Å². The molecule has 5 rings (SSSR count). The predicted octanol–water partition coefficient (Wildman–Crippen LogP) is 4.27. The lowest BCUT2D eigenvalue weighted by Crippen LogP contribution is -2.16. The molecule has 0 atom stereocenters. The molecule has 10 heteroatoms. The Kier molecular flexibility index (Phi) is 5.71. The molecule has 168 valence electrons. The number of hydrogen-bond acceptors (Lipinski definition) is 7. The first-order valence-corrected chi connectivity index (χ1v) is 11.8. The van der Waals surface area contributed by atoms with Crippen LogP contribution in [-0.4, -0.2) is 33.2 Å². The lowest BCUT2D eigenvalue weighted by molar-refractivity contribution is 0.600. The van der Waals surface area contributed by atoms with Gasteiger partial charge in [0.1, 0.15) is 5.82 Å². The lowest BCUT2D eigenvalue weighted by atomic mass is 10.2. The summed E-state index contributed by atoms with van der Waals surface area (Å²) in [6, 6.07) is 22.8. The second-order valence-electron chi connectivity index (χ2n) is 7.23. The quantitative estimate of drug-likeness (QED) is 0.366. The minimum Gasteiger partial charge on any atom is -0.324 e. The molecule has 0 amide bonds. The van der Waals surface area contributed by atoms with Crippen LogP contribution in [0.2, 0.25) is 0 Å². The number of benzene rings is 2. The van der Waals surface area contributed by atoms with Crippen molar-refractivity contribution in [1.29, 1.82) is 0 Å². The van der Waals surface area contributed by atoms with Gasteiger partial charge >= 0.3 is 0 Å². The van der Waals surface area contributed by atoms with Crippen molar-refractivity contribution in [2.45, 2.75) is 4.90 Å². The Bertz CT molecular complexity index is 1500. The SMILES string of the molecule is O=S(=O)(Nc1ccnn1-c1ccccc1)c1ccc(Nc2nccc(-c3cccnc3)n2)cc1. The van der Waals surface area contributed by atoms with Crippen LogP contribution in [0.25, 0.3) is 16.9 Å². The van der Waals surface area contributed by atoms with Crippen molar-refractivity contribution in [1.82, 2.24) is 24.7 Å². The number of nitrogens with one attached hydrogen (secondary N) is 2. The van der Waals surface area contributed by atoms with Crippen LogP contribution in [0.3, 0.4) is 0 Å². The molecule has 0 radical (unpaired) electrons. The average Bonchev–Trinajstić information content (AvgIpc) is 3.33. The predicted molar refractivity (Wildman–Crippen MR) is 129 cm³/mol. The highest BCUT2D eigenvalue weighted by Crippen LogP contribution is 2.22. The van der Waals surface area contributed by atoms with Crippen LogP contribution in [0.1, 0.15) is 0 Å². The summed E-state index contributed by atoms with van der Waals surface area (Å²) < 4.78 is 30.0. The molecule has 3 aromatic heterocycles. The summed E-state index contributed by atoms with van der Waals surface area (Å²) in [4.78, 5) is 13.0. The van der Waals surface area contributed by atoms with E-state index in [1.165, 1.54) is 23.0 Å². The van der Waals surface area contributed by atoms with Crippen molar-refractivity contribution >= 4 is 27.5 Å². The molecule has 0 fully saturated rings. The van der Waals surface area contributed by atoms with E-state index in [4.69, 9.17) is 0 Å². The first kappa shape index (κ1) is 21.3. The molecule has 0 saturated carbocycles. The van der Waals surface area contributed by atoms with E-state index in [1.54, 1.807) is 42.9 Å². The smallest absolute Gasteiger partial charge is 0.263 e. The molecule has 0 spiro atoms. The fourth-order valence-corrected chi connectivity index (χ4v) is 4.33. The molecule has 2 N–H and O–H groups in total. The van der Waals surface area contributed by atoms with Crippen LogP contribution < -0.4 is 10.0 Å². The zero-order chi connectivity index (χ0) is 23.4. The highest BCUT2D eigenvalue weighted by Gasteiger charge is 2.17. The zero-order valence-electron chi connectivity index (χ0n) is 17.8. The number of sulfonamides is 1. The summed E-state index contributed by atoms with van der Waals surface area (Å²) in [7, 11) is -3.82. The standard InChI is InChI=1S/C24H19N7O2S/c32-34(33,30-23-13-16-27-31(23)20-6-2-1-3-7-20)21-10-8-19(9-11-21)28-24-26-15-12-22(29-24)18-5-4-14-25-17-18/h1-17,30H,(H,26,28,29). The first-order chi connectivity index (χ1) is 16.6. The maximum atomic E-state index is 13.0. The maximum absolute atomic E-state index is 13.0. The van der Waals surface area contributed by atoms with Gasteiger partial charge < -0.3 is 5.32 Å². The molecule has 34 heavy (non-hydrogen) atoms. The van der Waals surface area contributed by atoms with Crippen molar-refractivity contribution < 1.29 is 8.42 Å². The Balaban J connectivity index is 1.33. The Morgan fingerprint density at radius 2 is 1.62 bits per heavy atom. The summed E-state index contributed by atoms with van der Waals surface area (Å²) >= 11 is 0. The number of nitrogens with zero attached hydrogens (tertiary/aromatic N) is 5. The van der Waals surface area contributed by atoms with E-state index in [-0.39, 0.29) is 4.90 Å². The van der Waals surface area contributed by atoms with E-state index in [2.05, 4.69) is 30.1 Å². The Morgan fingerprint density at radius 1 is 0.794 bits per heavy atom. The van der Waals surface area contributed by atoms with Gasteiger partial charge in [-0.15, -0.1) is 0 Å². The summed E-state index contributed by atoms with van der Waals surface area (Å²) in [5.74, 6) is 0.732. The molecular formula is C24H19N7O2S. The van der Waals surface area contributed by atoms with Gasteiger partial charge in [-0.3, -0.25) is 9.71 Å². The highest BCUT2D eigenvalue weighted by atomic mass is 32.2. The molecule has 0 aliphatic heterocycles. The van der Waals surface area contributed by atoms with E-state index < -0.39 is 10.0 Å².